The van der Waals surface area contributed by atoms with Crippen LogP contribution in [0.2, 0.25) is 0 Å². The summed E-state index contributed by atoms with van der Waals surface area (Å²) in [5.41, 5.74) is 2.03. The number of carbonyl (C=O) groups excluding carboxylic acids is 1. The van der Waals surface area contributed by atoms with Crippen LogP contribution in [-0.2, 0) is 4.79 Å². The summed E-state index contributed by atoms with van der Waals surface area (Å²) in [5, 5.41) is 2.98. The van der Waals surface area contributed by atoms with E-state index in [4.69, 9.17) is 0 Å². The van der Waals surface area contributed by atoms with Crippen LogP contribution in [0.15, 0.2) is 24.3 Å². The Labute approximate surface area is 109 Å². The van der Waals surface area contributed by atoms with Gasteiger partial charge in [-0.2, -0.15) is 0 Å². The molecular weight excluding hydrogens is 224 g/mol. The Kier molecular flexibility index (Phi) is 4.24. The van der Waals surface area contributed by atoms with Crippen molar-refractivity contribution in [3.05, 3.63) is 24.3 Å². The predicted molar refractivity (Wildman–Crippen MR) is 76.0 cm³/mol. The number of benzene rings is 1. The van der Waals surface area contributed by atoms with E-state index < -0.39 is 0 Å². The molecule has 3 nitrogen and oxygen atoms in total. The molecule has 0 bridgehead atoms. The maximum atomic E-state index is 11.9. The first-order chi connectivity index (χ1) is 8.65. The zero-order valence-electron chi connectivity index (χ0n) is 11.3. The van der Waals surface area contributed by atoms with Crippen molar-refractivity contribution in [3.8, 4) is 0 Å². The van der Waals surface area contributed by atoms with E-state index in [0.29, 0.717) is 12.3 Å². The van der Waals surface area contributed by atoms with Gasteiger partial charge in [0, 0.05) is 31.9 Å². The molecule has 98 valence electrons. The SMILES string of the molecule is CN(C)c1ccc(NC(=O)CC2CCCC2)cc1. The molecular formula is C15H22N2O. The maximum absolute atomic E-state index is 11.9. The van der Waals surface area contributed by atoms with E-state index in [-0.39, 0.29) is 5.91 Å². The summed E-state index contributed by atoms with van der Waals surface area (Å²) in [7, 11) is 4.02. The molecule has 0 aliphatic heterocycles. The van der Waals surface area contributed by atoms with Crippen molar-refractivity contribution in [1.29, 1.82) is 0 Å². The molecule has 1 fully saturated rings. The van der Waals surface area contributed by atoms with Crippen molar-refractivity contribution in [2.75, 3.05) is 24.3 Å². The third-order valence-electron chi connectivity index (χ3n) is 3.62. The first-order valence-corrected chi connectivity index (χ1v) is 6.72. The van der Waals surface area contributed by atoms with Gasteiger partial charge in [0.05, 0.1) is 0 Å². The number of hydrogen-bond donors (Lipinski definition) is 1. The summed E-state index contributed by atoms with van der Waals surface area (Å²) in [6.45, 7) is 0. The number of anilines is 2. The summed E-state index contributed by atoms with van der Waals surface area (Å²) in [5.74, 6) is 0.755. The number of rotatable bonds is 4. The topological polar surface area (TPSA) is 32.3 Å². The smallest absolute Gasteiger partial charge is 0.224 e. The van der Waals surface area contributed by atoms with Gasteiger partial charge >= 0.3 is 0 Å². The molecule has 1 aliphatic rings. The van der Waals surface area contributed by atoms with Gasteiger partial charge in [0.15, 0.2) is 0 Å². The van der Waals surface area contributed by atoms with E-state index in [1.807, 2.05) is 43.3 Å². The van der Waals surface area contributed by atoms with E-state index in [9.17, 15) is 4.79 Å². The van der Waals surface area contributed by atoms with E-state index >= 15 is 0 Å². The zero-order chi connectivity index (χ0) is 13.0. The highest BCUT2D eigenvalue weighted by molar-refractivity contribution is 5.91. The van der Waals surface area contributed by atoms with Gasteiger partial charge in [-0.3, -0.25) is 4.79 Å². The van der Waals surface area contributed by atoms with Crippen molar-refractivity contribution >= 4 is 17.3 Å². The van der Waals surface area contributed by atoms with E-state index in [1.165, 1.54) is 25.7 Å². The van der Waals surface area contributed by atoms with Gasteiger partial charge in [0.2, 0.25) is 5.91 Å². The average molecular weight is 246 g/mol. The molecule has 18 heavy (non-hydrogen) atoms. The second-order valence-corrected chi connectivity index (χ2v) is 5.34. The summed E-state index contributed by atoms with van der Waals surface area (Å²) >= 11 is 0. The van der Waals surface area contributed by atoms with Crippen LogP contribution in [0.4, 0.5) is 11.4 Å². The lowest BCUT2D eigenvalue weighted by Gasteiger charge is -2.13. The Morgan fingerprint density at radius 1 is 1.22 bits per heavy atom. The van der Waals surface area contributed by atoms with Crippen LogP contribution in [0.1, 0.15) is 32.1 Å². The molecule has 0 heterocycles. The summed E-state index contributed by atoms with van der Waals surface area (Å²) < 4.78 is 0. The van der Waals surface area contributed by atoms with Crippen LogP contribution in [-0.4, -0.2) is 20.0 Å². The molecule has 0 aromatic heterocycles. The lowest BCUT2D eigenvalue weighted by molar-refractivity contribution is -0.117. The number of nitrogens with zero attached hydrogens (tertiary/aromatic N) is 1. The lowest BCUT2D eigenvalue weighted by atomic mass is 10.0. The van der Waals surface area contributed by atoms with Crippen molar-refractivity contribution in [3.63, 3.8) is 0 Å². The average Bonchev–Trinajstić information content (AvgIpc) is 2.82. The number of nitrogens with one attached hydrogen (secondary N) is 1. The molecule has 1 saturated carbocycles. The Bertz CT molecular complexity index is 391. The second kappa shape index (κ2) is 5.89. The van der Waals surface area contributed by atoms with Crippen LogP contribution >= 0.6 is 0 Å². The molecule has 0 unspecified atom stereocenters. The molecule has 1 amide bonds. The van der Waals surface area contributed by atoms with Crippen LogP contribution < -0.4 is 10.2 Å². The lowest BCUT2D eigenvalue weighted by Crippen LogP contribution is -2.15. The first-order valence-electron chi connectivity index (χ1n) is 6.72. The van der Waals surface area contributed by atoms with Crippen LogP contribution in [0.5, 0.6) is 0 Å². The van der Waals surface area contributed by atoms with E-state index in [1.54, 1.807) is 0 Å². The van der Waals surface area contributed by atoms with Gasteiger partial charge in [-0.25, -0.2) is 0 Å². The van der Waals surface area contributed by atoms with Gasteiger partial charge < -0.3 is 10.2 Å². The molecule has 1 aromatic rings. The normalized spacial score (nSPS) is 15.7. The highest BCUT2D eigenvalue weighted by Gasteiger charge is 2.18. The van der Waals surface area contributed by atoms with Crippen molar-refractivity contribution in [1.82, 2.24) is 0 Å². The molecule has 1 aromatic carbocycles. The molecule has 1 N–H and O–H groups in total. The Hall–Kier alpha value is -1.51. The summed E-state index contributed by atoms with van der Waals surface area (Å²) in [6, 6.07) is 7.96. The predicted octanol–water partition coefficient (Wildman–Crippen LogP) is 3.27. The van der Waals surface area contributed by atoms with E-state index in [0.717, 1.165) is 11.4 Å². The van der Waals surface area contributed by atoms with E-state index in [2.05, 4.69) is 5.32 Å². The Balaban J connectivity index is 1.86. The van der Waals surface area contributed by atoms with Crippen molar-refractivity contribution in [2.24, 2.45) is 5.92 Å². The molecule has 0 radical (unpaired) electrons. The number of carbonyl (C=O) groups is 1. The monoisotopic (exact) mass is 246 g/mol. The van der Waals surface area contributed by atoms with Gasteiger partial charge in [-0.1, -0.05) is 12.8 Å². The van der Waals surface area contributed by atoms with Crippen LogP contribution in [0.3, 0.4) is 0 Å². The van der Waals surface area contributed by atoms with Gasteiger partial charge in [-0.05, 0) is 43.0 Å². The van der Waals surface area contributed by atoms with Gasteiger partial charge in [-0.15, -0.1) is 0 Å². The fourth-order valence-corrected chi connectivity index (χ4v) is 2.53. The van der Waals surface area contributed by atoms with Crippen molar-refractivity contribution < 1.29 is 4.79 Å². The fraction of sp³-hybridized carbons (Fsp3) is 0.533. The Morgan fingerprint density at radius 3 is 2.39 bits per heavy atom. The third-order valence-corrected chi connectivity index (χ3v) is 3.62. The quantitative estimate of drug-likeness (QED) is 0.884. The van der Waals surface area contributed by atoms with Gasteiger partial charge in [0.25, 0.3) is 0 Å². The minimum absolute atomic E-state index is 0.152. The molecule has 0 saturated heterocycles. The molecule has 0 spiro atoms. The standard InChI is InChI=1S/C15H22N2O/c1-17(2)14-9-7-13(8-10-14)16-15(18)11-12-5-3-4-6-12/h7-10,12H,3-6,11H2,1-2H3,(H,16,18). The number of amides is 1. The zero-order valence-corrected chi connectivity index (χ0v) is 11.3. The third kappa shape index (κ3) is 3.49. The molecule has 2 rings (SSSR count). The summed E-state index contributed by atoms with van der Waals surface area (Å²) in [6.07, 6.45) is 5.68. The molecule has 0 atom stereocenters. The minimum atomic E-state index is 0.152. The second-order valence-electron chi connectivity index (χ2n) is 5.34. The highest BCUT2D eigenvalue weighted by Crippen LogP contribution is 2.27. The minimum Gasteiger partial charge on any atom is -0.378 e. The molecule has 3 heteroatoms. The van der Waals surface area contributed by atoms with Crippen molar-refractivity contribution in [2.45, 2.75) is 32.1 Å². The maximum Gasteiger partial charge on any atom is 0.224 e. The van der Waals surface area contributed by atoms with Gasteiger partial charge in [0.1, 0.15) is 0 Å². The molecule has 1 aliphatic carbocycles. The van der Waals surface area contributed by atoms with Crippen LogP contribution in [0.25, 0.3) is 0 Å². The van der Waals surface area contributed by atoms with Crippen LogP contribution in [0, 0.1) is 5.92 Å². The first kappa shape index (κ1) is 12.9. The largest absolute Gasteiger partial charge is 0.378 e. The Morgan fingerprint density at radius 2 is 1.83 bits per heavy atom. The fourth-order valence-electron chi connectivity index (χ4n) is 2.53. The highest BCUT2D eigenvalue weighted by atomic mass is 16.1. The summed E-state index contributed by atoms with van der Waals surface area (Å²) in [4.78, 5) is 13.9. The number of hydrogen-bond acceptors (Lipinski definition) is 2.